The maximum Gasteiger partial charge on any atom is 0.243 e. The second kappa shape index (κ2) is 8.59. The molecule has 0 radical (unpaired) electrons. The Morgan fingerprint density at radius 3 is 2.83 bits per heavy atom. The Labute approximate surface area is 170 Å². The third-order valence-electron chi connectivity index (χ3n) is 5.61. The average molecular weight is 393 g/mol. The highest BCUT2D eigenvalue weighted by atomic mass is 16.2. The lowest BCUT2D eigenvalue weighted by Gasteiger charge is -2.22. The second-order valence-corrected chi connectivity index (χ2v) is 8.01. The van der Waals surface area contributed by atoms with Crippen molar-refractivity contribution in [1.82, 2.24) is 25.5 Å². The Hall–Kier alpha value is -2.96. The number of anilines is 1. The van der Waals surface area contributed by atoms with Gasteiger partial charge in [-0.1, -0.05) is 32.4 Å². The first-order valence-electron chi connectivity index (χ1n) is 10.4. The first-order valence-corrected chi connectivity index (χ1v) is 10.4. The van der Waals surface area contributed by atoms with Gasteiger partial charge in [0.15, 0.2) is 0 Å². The van der Waals surface area contributed by atoms with Crippen molar-refractivity contribution in [2.24, 2.45) is 5.92 Å². The number of para-hydroxylation sites is 1. The van der Waals surface area contributed by atoms with Crippen LogP contribution in [-0.4, -0.2) is 32.1 Å². The Bertz CT molecular complexity index is 991. The van der Waals surface area contributed by atoms with Crippen LogP contribution in [0.15, 0.2) is 30.6 Å². The minimum Gasteiger partial charge on any atom is -0.358 e. The van der Waals surface area contributed by atoms with E-state index in [4.69, 9.17) is 0 Å². The lowest BCUT2D eigenvalue weighted by atomic mass is 10.0. The second-order valence-electron chi connectivity index (χ2n) is 8.01. The van der Waals surface area contributed by atoms with E-state index < -0.39 is 6.04 Å². The molecule has 0 spiro atoms. The molecule has 0 unspecified atom stereocenters. The van der Waals surface area contributed by atoms with Crippen molar-refractivity contribution in [2.45, 2.75) is 58.5 Å². The summed E-state index contributed by atoms with van der Waals surface area (Å²) in [5, 5.41) is 14.9. The van der Waals surface area contributed by atoms with E-state index in [0.717, 1.165) is 29.4 Å². The number of amides is 1. The Kier molecular flexibility index (Phi) is 5.74. The molecule has 2 aromatic heterocycles. The van der Waals surface area contributed by atoms with Crippen molar-refractivity contribution in [2.75, 3.05) is 5.32 Å². The van der Waals surface area contributed by atoms with Crippen molar-refractivity contribution >= 4 is 22.6 Å². The molecule has 152 valence electrons. The quantitative estimate of drug-likeness (QED) is 0.559. The van der Waals surface area contributed by atoms with Gasteiger partial charge >= 0.3 is 0 Å². The summed E-state index contributed by atoms with van der Waals surface area (Å²) in [5.41, 5.74) is 4.34. The molecule has 4 rings (SSSR count). The van der Waals surface area contributed by atoms with Gasteiger partial charge in [-0.3, -0.25) is 9.89 Å². The van der Waals surface area contributed by atoms with E-state index in [9.17, 15) is 4.79 Å². The third-order valence-corrected chi connectivity index (χ3v) is 5.61. The zero-order valence-electron chi connectivity index (χ0n) is 17.0. The SMILES string of the molecule is CC(C)[C@H](Nc1ncnc2ccccc12)C(=O)NCc1n[nH]c2c1CCCCC2. The fraction of sp³-hybridized carbons (Fsp3) is 0.455. The summed E-state index contributed by atoms with van der Waals surface area (Å²) in [6.07, 6.45) is 7.25. The van der Waals surface area contributed by atoms with Crippen LogP contribution in [-0.2, 0) is 24.2 Å². The summed E-state index contributed by atoms with van der Waals surface area (Å²) in [5.74, 6) is 0.728. The van der Waals surface area contributed by atoms with Gasteiger partial charge in [-0.25, -0.2) is 9.97 Å². The molecule has 0 saturated heterocycles. The maximum atomic E-state index is 13.0. The largest absolute Gasteiger partial charge is 0.358 e. The third kappa shape index (κ3) is 4.23. The number of H-pyrrole nitrogens is 1. The fourth-order valence-electron chi connectivity index (χ4n) is 3.96. The van der Waals surface area contributed by atoms with Gasteiger partial charge in [0.25, 0.3) is 0 Å². The molecular formula is C22H28N6O. The summed E-state index contributed by atoms with van der Waals surface area (Å²) in [6.45, 7) is 4.50. The van der Waals surface area contributed by atoms with Gasteiger partial charge in [0, 0.05) is 11.1 Å². The molecule has 0 aliphatic heterocycles. The average Bonchev–Trinajstić information content (AvgIpc) is 2.96. The molecule has 1 aromatic carbocycles. The van der Waals surface area contributed by atoms with Crippen molar-refractivity contribution in [1.29, 1.82) is 0 Å². The number of carbonyl (C=O) groups is 1. The van der Waals surface area contributed by atoms with Gasteiger partial charge in [0.2, 0.25) is 5.91 Å². The lowest BCUT2D eigenvalue weighted by molar-refractivity contribution is -0.122. The Morgan fingerprint density at radius 2 is 1.97 bits per heavy atom. The van der Waals surface area contributed by atoms with Gasteiger partial charge in [0.1, 0.15) is 18.2 Å². The molecule has 1 atom stereocenters. The van der Waals surface area contributed by atoms with Gasteiger partial charge in [-0.2, -0.15) is 5.10 Å². The molecule has 7 nitrogen and oxygen atoms in total. The van der Waals surface area contributed by atoms with Gasteiger partial charge in [-0.05, 0) is 49.3 Å². The number of aryl methyl sites for hydroxylation is 1. The van der Waals surface area contributed by atoms with Crippen molar-refractivity contribution < 1.29 is 4.79 Å². The number of nitrogens with zero attached hydrogens (tertiary/aromatic N) is 3. The number of fused-ring (bicyclic) bond motifs is 2. The number of hydrogen-bond donors (Lipinski definition) is 3. The first kappa shape index (κ1) is 19.4. The van der Waals surface area contributed by atoms with E-state index in [1.54, 1.807) is 0 Å². The Balaban J connectivity index is 1.48. The standard InChI is InChI=1S/C22H28N6O/c1-14(2)20(26-21-16-9-6-7-10-17(16)24-13-25-21)22(29)23-12-19-15-8-4-3-5-11-18(15)27-28-19/h6-7,9-10,13-14,20H,3-5,8,11-12H2,1-2H3,(H,23,29)(H,27,28)(H,24,25,26)/t20-/m0/s1. The van der Waals surface area contributed by atoms with Crippen LogP contribution in [0.5, 0.6) is 0 Å². The van der Waals surface area contributed by atoms with E-state index in [1.165, 1.54) is 36.8 Å². The topological polar surface area (TPSA) is 95.6 Å². The van der Waals surface area contributed by atoms with Crippen LogP contribution in [0.1, 0.15) is 50.1 Å². The molecule has 0 fully saturated rings. The monoisotopic (exact) mass is 392 g/mol. The minimum absolute atomic E-state index is 0.0481. The summed E-state index contributed by atoms with van der Waals surface area (Å²) in [7, 11) is 0. The molecule has 0 saturated carbocycles. The number of benzene rings is 1. The lowest BCUT2D eigenvalue weighted by Crippen LogP contribution is -2.43. The molecule has 1 aliphatic rings. The van der Waals surface area contributed by atoms with Crippen molar-refractivity contribution in [3.63, 3.8) is 0 Å². The number of aromatic nitrogens is 4. The molecule has 0 bridgehead atoms. The molecule has 3 N–H and O–H groups in total. The van der Waals surface area contributed by atoms with E-state index in [1.807, 2.05) is 38.1 Å². The molecule has 3 aromatic rings. The number of aromatic amines is 1. The van der Waals surface area contributed by atoms with Gasteiger partial charge in [-0.15, -0.1) is 0 Å². The number of nitrogens with one attached hydrogen (secondary N) is 3. The van der Waals surface area contributed by atoms with E-state index in [-0.39, 0.29) is 11.8 Å². The van der Waals surface area contributed by atoms with Crippen LogP contribution >= 0.6 is 0 Å². The number of rotatable bonds is 6. The van der Waals surface area contributed by atoms with E-state index in [2.05, 4.69) is 30.8 Å². The molecule has 7 heteroatoms. The fourth-order valence-corrected chi connectivity index (χ4v) is 3.96. The highest BCUT2D eigenvalue weighted by Crippen LogP contribution is 2.23. The maximum absolute atomic E-state index is 13.0. The van der Waals surface area contributed by atoms with Crippen LogP contribution in [0.2, 0.25) is 0 Å². The zero-order chi connectivity index (χ0) is 20.2. The number of hydrogen-bond acceptors (Lipinski definition) is 5. The first-order chi connectivity index (χ1) is 14.1. The molecule has 29 heavy (non-hydrogen) atoms. The van der Waals surface area contributed by atoms with E-state index in [0.29, 0.717) is 12.4 Å². The van der Waals surface area contributed by atoms with Crippen LogP contribution in [0, 0.1) is 5.92 Å². The predicted molar refractivity (Wildman–Crippen MR) is 113 cm³/mol. The molecular weight excluding hydrogens is 364 g/mol. The van der Waals surface area contributed by atoms with Crippen molar-refractivity contribution in [3.05, 3.63) is 47.5 Å². The van der Waals surface area contributed by atoms with Crippen LogP contribution in [0.3, 0.4) is 0 Å². The van der Waals surface area contributed by atoms with Crippen LogP contribution in [0.4, 0.5) is 5.82 Å². The summed E-state index contributed by atoms with van der Waals surface area (Å²) >= 11 is 0. The van der Waals surface area contributed by atoms with Crippen LogP contribution in [0.25, 0.3) is 10.9 Å². The minimum atomic E-state index is -0.397. The summed E-state index contributed by atoms with van der Waals surface area (Å²) in [4.78, 5) is 21.7. The van der Waals surface area contributed by atoms with Gasteiger partial charge < -0.3 is 10.6 Å². The normalized spacial score (nSPS) is 15.0. The Morgan fingerprint density at radius 1 is 1.14 bits per heavy atom. The number of carbonyl (C=O) groups excluding carboxylic acids is 1. The zero-order valence-corrected chi connectivity index (χ0v) is 17.0. The predicted octanol–water partition coefficient (Wildman–Crippen LogP) is 3.37. The van der Waals surface area contributed by atoms with Gasteiger partial charge in [0.05, 0.1) is 17.8 Å². The summed E-state index contributed by atoms with van der Waals surface area (Å²) < 4.78 is 0. The highest BCUT2D eigenvalue weighted by molar-refractivity contribution is 5.92. The smallest absolute Gasteiger partial charge is 0.243 e. The van der Waals surface area contributed by atoms with E-state index >= 15 is 0 Å². The highest BCUT2D eigenvalue weighted by Gasteiger charge is 2.24. The molecule has 1 amide bonds. The summed E-state index contributed by atoms with van der Waals surface area (Å²) in [6, 6.07) is 7.40. The van der Waals surface area contributed by atoms with Crippen LogP contribution < -0.4 is 10.6 Å². The molecule has 2 heterocycles. The molecule has 1 aliphatic carbocycles. The van der Waals surface area contributed by atoms with Crippen molar-refractivity contribution in [3.8, 4) is 0 Å².